The van der Waals surface area contributed by atoms with Crippen LogP contribution in [0, 0.1) is 18.6 Å². The summed E-state index contributed by atoms with van der Waals surface area (Å²) in [7, 11) is 0. The zero-order chi connectivity index (χ0) is 14.3. The van der Waals surface area contributed by atoms with E-state index >= 15 is 0 Å². The van der Waals surface area contributed by atoms with E-state index in [-0.39, 0.29) is 22.2 Å². The van der Waals surface area contributed by atoms with Gasteiger partial charge in [-0.2, -0.15) is 0 Å². The average molecular weight is 291 g/mol. The predicted octanol–water partition coefficient (Wildman–Crippen LogP) is 4.54. The number of halogens is 3. The van der Waals surface area contributed by atoms with E-state index in [2.05, 4.69) is 9.97 Å². The van der Waals surface area contributed by atoms with Crippen LogP contribution in [0.5, 0.6) is 0 Å². The minimum absolute atomic E-state index is 0.0185. The topological polar surface area (TPSA) is 25.8 Å². The Kier molecular flexibility index (Phi) is 3.10. The van der Waals surface area contributed by atoms with E-state index < -0.39 is 5.82 Å². The largest absolute Gasteiger partial charge is 0.228 e. The van der Waals surface area contributed by atoms with Gasteiger partial charge in [0.05, 0.1) is 10.9 Å². The van der Waals surface area contributed by atoms with Crippen molar-refractivity contribution in [1.29, 1.82) is 0 Å². The molecule has 0 fully saturated rings. The number of aromatic nitrogens is 2. The van der Waals surface area contributed by atoms with Crippen molar-refractivity contribution in [1.82, 2.24) is 9.97 Å². The zero-order valence-electron chi connectivity index (χ0n) is 10.5. The van der Waals surface area contributed by atoms with Gasteiger partial charge in [0.15, 0.2) is 5.82 Å². The molecule has 2 aromatic carbocycles. The molecule has 0 aliphatic carbocycles. The summed E-state index contributed by atoms with van der Waals surface area (Å²) in [6, 6.07) is 8.96. The first-order valence-corrected chi connectivity index (χ1v) is 6.32. The van der Waals surface area contributed by atoms with Gasteiger partial charge in [-0.3, -0.25) is 0 Å². The molecule has 100 valence electrons. The molecule has 0 unspecified atom stereocenters. The highest BCUT2D eigenvalue weighted by atomic mass is 35.5. The Balaban J connectivity index is 2.27. The van der Waals surface area contributed by atoms with Gasteiger partial charge in [0.2, 0.25) is 0 Å². The molecule has 0 saturated carbocycles. The first-order chi connectivity index (χ1) is 9.54. The van der Waals surface area contributed by atoms with Gasteiger partial charge in [0, 0.05) is 5.56 Å². The molecule has 5 heteroatoms. The van der Waals surface area contributed by atoms with Crippen molar-refractivity contribution in [3.05, 3.63) is 58.7 Å². The third kappa shape index (κ3) is 2.23. The van der Waals surface area contributed by atoms with Crippen LogP contribution >= 0.6 is 11.6 Å². The average Bonchev–Trinajstić information content (AvgIpc) is 2.37. The van der Waals surface area contributed by atoms with Crippen LogP contribution in [0.15, 0.2) is 36.4 Å². The lowest BCUT2D eigenvalue weighted by atomic mass is 10.1. The van der Waals surface area contributed by atoms with Gasteiger partial charge in [0.25, 0.3) is 0 Å². The Labute approximate surface area is 119 Å². The maximum Gasteiger partial charge on any atom is 0.161 e. The molecule has 2 nitrogen and oxygen atoms in total. The standard InChI is InChI=1S/C15H9ClF2N2/c1-8-5-9(7-10(17)6-8)15-19-12-4-2-3-11(18)13(12)14(16)20-15/h2-7H,1H3. The maximum absolute atomic E-state index is 13.7. The molecule has 0 bridgehead atoms. The second kappa shape index (κ2) is 4.80. The number of aryl methyl sites for hydroxylation is 1. The van der Waals surface area contributed by atoms with Crippen LogP contribution in [-0.2, 0) is 0 Å². The lowest BCUT2D eigenvalue weighted by Gasteiger charge is -2.06. The van der Waals surface area contributed by atoms with E-state index in [0.29, 0.717) is 11.1 Å². The lowest BCUT2D eigenvalue weighted by molar-refractivity contribution is 0.627. The predicted molar refractivity (Wildman–Crippen MR) is 74.6 cm³/mol. The van der Waals surface area contributed by atoms with Crippen molar-refractivity contribution in [2.24, 2.45) is 0 Å². The molecule has 3 aromatic rings. The highest BCUT2D eigenvalue weighted by molar-refractivity contribution is 6.34. The maximum atomic E-state index is 13.7. The van der Waals surface area contributed by atoms with Crippen molar-refractivity contribution >= 4 is 22.5 Å². The number of hydrogen-bond donors (Lipinski definition) is 0. The minimum Gasteiger partial charge on any atom is -0.228 e. The van der Waals surface area contributed by atoms with Crippen LogP contribution in [0.4, 0.5) is 8.78 Å². The van der Waals surface area contributed by atoms with Crippen molar-refractivity contribution in [3.63, 3.8) is 0 Å². The van der Waals surface area contributed by atoms with E-state index in [9.17, 15) is 8.78 Å². The van der Waals surface area contributed by atoms with Crippen molar-refractivity contribution in [3.8, 4) is 11.4 Å². The Bertz CT molecular complexity index is 798. The second-order valence-electron chi connectivity index (χ2n) is 4.49. The van der Waals surface area contributed by atoms with Crippen LogP contribution in [0.3, 0.4) is 0 Å². The quantitative estimate of drug-likeness (QED) is 0.615. The van der Waals surface area contributed by atoms with E-state index in [4.69, 9.17) is 11.6 Å². The summed E-state index contributed by atoms with van der Waals surface area (Å²) in [4.78, 5) is 8.31. The van der Waals surface area contributed by atoms with Crippen LogP contribution < -0.4 is 0 Å². The Morgan fingerprint density at radius 2 is 1.85 bits per heavy atom. The van der Waals surface area contributed by atoms with Crippen molar-refractivity contribution in [2.45, 2.75) is 6.92 Å². The van der Waals surface area contributed by atoms with E-state index in [1.54, 1.807) is 25.1 Å². The Morgan fingerprint density at radius 1 is 1.05 bits per heavy atom. The molecule has 0 aliphatic heterocycles. The molecule has 0 aliphatic rings. The molecule has 1 heterocycles. The van der Waals surface area contributed by atoms with Gasteiger partial charge < -0.3 is 0 Å². The van der Waals surface area contributed by atoms with Gasteiger partial charge in [0.1, 0.15) is 16.8 Å². The Hall–Kier alpha value is -2.07. The van der Waals surface area contributed by atoms with Gasteiger partial charge in [-0.05, 0) is 42.8 Å². The van der Waals surface area contributed by atoms with Crippen molar-refractivity contribution < 1.29 is 8.78 Å². The van der Waals surface area contributed by atoms with Gasteiger partial charge in [-0.25, -0.2) is 18.7 Å². The highest BCUT2D eigenvalue weighted by Gasteiger charge is 2.12. The van der Waals surface area contributed by atoms with Gasteiger partial charge in [-0.15, -0.1) is 0 Å². The molecule has 20 heavy (non-hydrogen) atoms. The zero-order valence-corrected chi connectivity index (χ0v) is 11.2. The summed E-state index contributed by atoms with van der Waals surface area (Å²) in [6.07, 6.45) is 0. The fraction of sp³-hybridized carbons (Fsp3) is 0.0667. The van der Waals surface area contributed by atoms with Crippen LogP contribution in [0.2, 0.25) is 5.15 Å². The summed E-state index contributed by atoms with van der Waals surface area (Å²) in [5.41, 5.74) is 1.65. The molecule has 3 rings (SSSR count). The number of nitrogens with zero attached hydrogens (tertiary/aromatic N) is 2. The highest BCUT2D eigenvalue weighted by Crippen LogP contribution is 2.27. The molecule has 0 spiro atoms. The summed E-state index contributed by atoms with van der Waals surface area (Å²) in [5.74, 6) is -0.579. The molecular weight excluding hydrogens is 282 g/mol. The van der Waals surface area contributed by atoms with Gasteiger partial charge in [-0.1, -0.05) is 17.7 Å². The first-order valence-electron chi connectivity index (χ1n) is 5.94. The number of rotatable bonds is 1. The molecule has 0 N–H and O–H groups in total. The lowest BCUT2D eigenvalue weighted by Crippen LogP contribution is -1.94. The summed E-state index contributed by atoms with van der Waals surface area (Å²) in [6.45, 7) is 1.77. The minimum atomic E-state index is -0.477. The summed E-state index contributed by atoms with van der Waals surface area (Å²) < 4.78 is 27.1. The van der Waals surface area contributed by atoms with E-state index in [0.717, 1.165) is 5.56 Å². The van der Waals surface area contributed by atoms with Crippen molar-refractivity contribution in [2.75, 3.05) is 0 Å². The first kappa shape index (κ1) is 12.9. The molecule has 0 saturated heterocycles. The fourth-order valence-electron chi connectivity index (χ4n) is 2.09. The third-order valence-electron chi connectivity index (χ3n) is 2.93. The van der Waals surface area contributed by atoms with E-state index in [1.807, 2.05) is 0 Å². The number of benzene rings is 2. The second-order valence-corrected chi connectivity index (χ2v) is 4.85. The van der Waals surface area contributed by atoms with Crippen LogP contribution in [0.1, 0.15) is 5.56 Å². The SMILES string of the molecule is Cc1cc(F)cc(-c2nc(Cl)c3c(F)cccc3n2)c1. The Morgan fingerprint density at radius 3 is 2.60 bits per heavy atom. The van der Waals surface area contributed by atoms with Gasteiger partial charge >= 0.3 is 0 Å². The monoisotopic (exact) mass is 290 g/mol. The van der Waals surface area contributed by atoms with E-state index in [1.165, 1.54) is 18.2 Å². The molecule has 1 aromatic heterocycles. The summed E-state index contributed by atoms with van der Waals surface area (Å²) >= 11 is 6.01. The molecule has 0 atom stereocenters. The number of hydrogen-bond acceptors (Lipinski definition) is 2. The molecular formula is C15H9ClF2N2. The normalized spacial score (nSPS) is 11.0. The molecule has 0 radical (unpaired) electrons. The third-order valence-corrected chi connectivity index (χ3v) is 3.20. The summed E-state index contributed by atoms with van der Waals surface area (Å²) in [5, 5.41) is 0.191. The number of fused-ring (bicyclic) bond motifs is 1. The van der Waals surface area contributed by atoms with Crippen LogP contribution in [0.25, 0.3) is 22.3 Å². The molecule has 0 amide bonds. The van der Waals surface area contributed by atoms with Crippen LogP contribution in [-0.4, -0.2) is 9.97 Å². The fourth-order valence-corrected chi connectivity index (χ4v) is 2.36. The smallest absolute Gasteiger partial charge is 0.161 e.